The molecule has 0 fully saturated rings. The van der Waals surface area contributed by atoms with E-state index in [1.54, 1.807) is 0 Å². The van der Waals surface area contributed by atoms with Gasteiger partial charge in [0.2, 0.25) is 0 Å². The number of aliphatic hydroxyl groups is 1. The first kappa shape index (κ1) is 15.9. The van der Waals surface area contributed by atoms with Crippen molar-refractivity contribution in [1.29, 1.82) is 0 Å². The van der Waals surface area contributed by atoms with Gasteiger partial charge in [0.05, 0.1) is 32.0 Å². The molecule has 0 saturated heterocycles. The smallest absolute Gasteiger partial charge is 0.0840 e. The zero-order chi connectivity index (χ0) is 15.9. The van der Waals surface area contributed by atoms with Gasteiger partial charge in [0.1, 0.15) is 0 Å². The van der Waals surface area contributed by atoms with Crippen LogP contribution in [0.3, 0.4) is 0 Å². The lowest BCUT2D eigenvalue weighted by atomic mass is 10.2. The molecule has 0 spiro atoms. The summed E-state index contributed by atoms with van der Waals surface area (Å²) in [5, 5.41) is 9.87. The summed E-state index contributed by atoms with van der Waals surface area (Å²) < 4.78 is 11.7. The molecular weight excluding hydrogens is 288 g/mol. The molecule has 3 rings (SSSR count). The van der Waals surface area contributed by atoms with Crippen LogP contribution in [0.2, 0.25) is 0 Å². The van der Waals surface area contributed by atoms with Crippen molar-refractivity contribution in [3.63, 3.8) is 0 Å². The molecule has 2 aromatic carbocycles. The van der Waals surface area contributed by atoms with Crippen LogP contribution in [-0.4, -0.2) is 23.9 Å². The average molecular weight is 310 g/mol. The van der Waals surface area contributed by atoms with Gasteiger partial charge in [0.15, 0.2) is 0 Å². The molecule has 0 bridgehead atoms. The van der Waals surface area contributed by atoms with Gasteiger partial charge < -0.3 is 14.6 Å². The lowest BCUT2D eigenvalue weighted by molar-refractivity contribution is 0.0350. The fourth-order valence-corrected chi connectivity index (χ4v) is 2.74. The third kappa shape index (κ3) is 4.76. The molecule has 0 heterocycles. The van der Waals surface area contributed by atoms with E-state index in [1.807, 2.05) is 66.7 Å². The van der Waals surface area contributed by atoms with E-state index >= 15 is 0 Å². The van der Waals surface area contributed by atoms with Crippen LogP contribution >= 0.6 is 0 Å². The Morgan fingerprint density at radius 3 is 2.09 bits per heavy atom. The van der Waals surface area contributed by atoms with Crippen LogP contribution in [0.5, 0.6) is 0 Å². The van der Waals surface area contributed by atoms with Crippen LogP contribution in [0.25, 0.3) is 0 Å². The highest BCUT2D eigenvalue weighted by atomic mass is 16.5. The van der Waals surface area contributed by atoms with Crippen molar-refractivity contribution in [2.75, 3.05) is 6.61 Å². The van der Waals surface area contributed by atoms with Crippen molar-refractivity contribution in [2.24, 2.45) is 0 Å². The Labute approximate surface area is 137 Å². The minimum absolute atomic E-state index is 0.0685. The van der Waals surface area contributed by atoms with Crippen molar-refractivity contribution >= 4 is 0 Å². The Bertz CT molecular complexity index is 622. The third-order valence-corrected chi connectivity index (χ3v) is 3.95. The summed E-state index contributed by atoms with van der Waals surface area (Å²) >= 11 is 0. The van der Waals surface area contributed by atoms with Gasteiger partial charge in [-0.3, -0.25) is 0 Å². The van der Waals surface area contributed by atoms with E-state index in [9.17, 15) is 5.11 Å². The van der Waals surface area contributed by atoms with E-state index in [0.29, 0.717) is 26.2 Å². The van der Waals surface area contributed by atoms with Gasteiger partial charge in [-0.25, -0.2) is 0 Å². The molecular formula is C20H22O3. The molecule has 1 aliphatic rings. The van der Waals surface area contributed by atoms with E-state index in [2.05, 4.69) is 0 Å². The van der Waals surface area contributed by atoms with Gasteiger partial charge >= 0.3 is 0 Å². The topological polar surface area (TPSA) is 38.7 Å². The molecule has 0 saturated carbocycles. The minimum atomic E-state index is -0.439. The molecule has 0 aliphatic heterocycles. The van der Waals surface area contributed by atoms with E-state index in [0.717, 1.165) is 16.7 Å². The first-order chi connectivity index (χ1) is 11.3. The van der Waals surface area contributed by atoms with Crippen LogP contribution in [0.1, 0.15) is 17.5 Å². The maximum atomic E-state index is 9.87. The summed E-state index contributed by atoms with van der Waals surface area (Å²) in [6.45, 7) is 1.61. The second-order valence-corrected chi connectivity index (χ2v) is 5.81. The SMILES string of the molecule is O[C@H]1C=C(COCc2ccccc2)[C@@H](OCc2ccccc2)C1. The summed E-state index contributed by atoms with van der Waals surface area (Å²) in [4.78, 5) is 0. The van der Waals surface area contributed by atoms with Gasteiger partial charge in [0, 0.05) is 6.42 Å². The monoisotopic (exact) mass is 310 g/mol. The van der Waals surface area contributed by atoms with Gasteiger partial charge in [-0.1, -0.05) is 66.7 Å². The summed E-state index contributed by atoms with van der Waals surface area (Å²) in [5.74, 6) is 0. The Morgan fingerprint density at radius 1 is 0.826 bits per heavy atom. The van der Waals surface area contributed by atoms with Crippen molar-refractivity contribution in [3.05, 3.63) is 83.4 Å². The lowest BCUT2D eigenvalue weighted by Crippen LogP contribution is -2.17. The molecule has 1 aliphatic carbocycles. The van der Waals surface area contributed by atoms with Crippen LogP contribution < -0.4 is 0 Å². The van der Waals surface area contributed by atoms with Gasteiger partial charge in [-0.2, -0.15) is 0 Å². The van der Waals surface area contributed by atoms with E-state index < -0.39 is 6.10 Å². The molecule has 0 unspecified atom stereocenters. The van der Waals surface area contributed by atoms with Crippen LogP contribution in [0.4, 0.5) is 0 Å². The Morgan fingerprint density at radius 2 is 1.43 bits per heavy atom. The maximum Gasteiger partial charge on any atom is 0.0840 e. The molecule has 120 valence electrons. The zero-order valence-corrected chi connectivity index (χ0v) is 13.1. The predicted molar refractivity (Wildman–Crippen MR) is 89.8 cm³/mol. The second kappa shape index (κ2) is 8.06. The first-order valence-corrected chi connectivity index (χ1v) is 7.97. The quantitative estimate of drug-likeness (QED) is 0.796. The zero-order valence-electron chi connectivity index (χ0n) is 13.1. The van der Waals surface area contributed by atoms with Gasteiger partial charge in [-0.15, -0.1) is 0 Å². The van der Waals surface area contributed by atoms with Crippen LogP contribution in [-0.2, 0) is 22.7 Å². The van der Waals surface area contributed by atoms with E-state index in [1.165, 1.54) is 0 Å². The van der Waals surface area contributed by atoms with Crippen molar-refractivity contribution in [2.45, 2.75) is 31.8 Å². The maximum absolute atomic E-state index is 9.87. The third-order valence-electron chi connectivity index (χ3n) is 3.95. The fraction of sp³-hybridized carbons (Fsp3) is 0.300. The first-order valence-electron chi connectivity index (χ1n) is 7.97. The number of hydrogen-bond acceptors (Lipinski definition) is 3. The van der Waals surface area contributed by atoms with Gasteiger partial charge in [0.25, 0.3) is 0 Å². The van der Waals surface area contributed by atoms with Crippen molar-refractivity contribution in [3.8, 4) is 0 Å². The molecule has 3 nitrogen and oxygen atoms in total. The molecule has 0 radical (unpaired) electrons. The number of rotatable bonds is 7. The highest BCUT2D eigenvalue weighted by molar-refractivity contribution is 5.20. The Balaban J connectivity index is 1.49. The van der Waals surface area contributed by atoms with Crippen molar-refractivity contribution < 1.29 is 14.6 Å². The number of aliphatic hydroxyl groups excluding tert-OH is 1. The molecule has 0 amide bonds. The molecule has 1 N–H and O–H groups in total. The molecule has 2 aromatic rings. The highest BCUT2D eigenvalue weighted by Crippen LogP contribution is 2.24. The van der Waals surface area contributed by atoms with Crippen LogP contribution in [0.15, 0.2) is 72.3 Å². The largest absolute Gasteiger partial charge is 0.389 e. The van der Waals surface area contributed by atoms with E-state index in [-0.39, 0.29) is 6.10 Å². The standard InChI is InChI=1S/C20H22O3/c21-19-11-18(15-22-13-16-7-3-1-4-8-16)20(12-19)23-14-17-9-5-2-6-10-17/h1-11,19-21H,12-15H2/t19-,20-/m0/s1. The number of hydrogen-bond donors (Lipinski definition) is 1. The normalized spacial score (nSPS) is 20.5. The van der Waals surface area contributed by atoms with Gasteiger partial charge in [-0.05, 0) is 16.7 Å². The minimum Gasteiger partial charge on any atom is -0.389 e. The van der Waals surface area contributed by atoms with Crippen LogP contribution in [0, 0.1) is 0 Å². The lowest BCUT2D eigenvalue weighted by Gasteiger charge is -2.16. The Kier molecular flexibility index (Phi) is 5.59. The molecule has 2 atom stereocenters. The highest BCUT2D eigenvalue weighted by Gasteiger charge is 2.25. The predicted octanol–water partition coefficient (Wildman–Crippen LogP) is 3.48. The number of benzene rings is 2. The average Bonchev–Trinajstić information content (AvgIpc) is 2.95. The molecule has 3 heteroatoms. The molecule has 23 heavy (non-hydrogen) atoms. The number of ether oxygens (including phenoxy) is 2. The summed E-state index contributed by atoms with van der Waals surface area (Å²) in [5.41, 5.74) is 3.32. The fourth-order valence-electron chi connectivity index (χ4n) is 2.74. The summed E-state index contributed by atoms with van der Waals surface area (Å²) in [6.07, 6.45) is 1.96. The second-order valence-electron chi connectivity index (χ2n) is 5.81. The Hall–Kier alpha value is -1.94. The summed E-state index contributed by atoms with van der Waals surface area (Å²) in [6, 6.07) is 20.2. The molecule has 0 aromatic heterocycles. The van der Waals surface area contributed by atoms with E-state index in [4.69, 9.17) is 9.47 Å². The summed E-state index contributed by atoms with van der Waals surface area (Å²) in [7, 11) is 0. The van der Waals surface area contributed by atoms with Crippen molar-refractivity contribution in [1.82, 2.24) is 0 Å².